The van der Waals surface area contributed by atoms with Crippen molar-refractivity contribution in [3.63, 3.8) is 0 Å². The number of rotatable bonds is 8. The van der Waals surface area contributed by atoms with Gasteiger partial charge in [0.25, 0.3) is 0 Å². The number of sulfonamides is 1. The lowest BCUT2D eigenvalue weighted by molar-refractivity contribution is 0.579. The van der Waals surface area contributed by atoms with E-state index in [2.05, 4.69) is 4.72 Å². The van der Waals surface area contributed by atoms with Gasteiger partial charge in [-0.2, -0.15) is 0 Å². The molecule has 27 heavy (non-hydrogen) atoms. The summed E-state index contributed by atoms with van der Waals surface area (Å²) in [6.07, 6.45) is 2.19. The summed E-state index contributed by atoms with van der Waals surface area (Å²) in [4.78, 5) is 12.2. The Morgan fingerprint density at radius 2 is 1.96 bits per heavy atom. The van der Waals surface area contributed by atoms with Crippen LogP contribution in [0.15, 0.2) is 52.2 Å². The van der Waals surface area contributed by atoms with Crippen molar-refractivity contribution < 1.29 is 8.42 Å². The molecule has 0 aliphatic rings. The van der Waals surface area contributed by atoms with Crippen molar-refractivity contribution in [2.75, 3.05) is 6.54 Å². The molecule has 0 atom stereocenters. The van der Waals surface area contributed by atoms with E-state index in [4.69, 9.17) is 11.6 Å². The second kappa shape index (κ2) is 8.56. The molecule has 0 saturated carbocycles. The average molecular weight is 425 g/mol. The van der Waals surface area contributed by atoms with E-state index in [1.807, 2.05) is 31.2 Å². The smallest absolute Gasteiger partial charge is 0.299 e. The summed E-state index contributed by atoms with van der Waals surface area (Å²) in [5, 5.41) is 0.692. The van der Waals surface area contributed by atoms with Gasteiger partial charge >= 0.3 is 4.87 Å². The average Bonchev–Trinajstić information content (AvgIpc) is 2.95. The van der Waals surface area contributed by atoms with Crippen molar-refractivity contribution in [2.24, 2.45) is 0 Å². The number of benzene rings is 2. The number of aryl methyl sites for hydroxylation is 2. The van der Waals surface area contributed by atoms with Crippen LogP contribution < -0.4 is 9.60 Å². The number of fused-ring (bicyclic) bond motifs is 1. The van der Waals surface area contributed by atoms with Crippen molar-refractivity contribution in [3.05, 3.63) is 62.7 Å². The lowest BCUT2D eigenvalue weighted by Gasteiger charge is -2.08. The first-order chi connectivity index (χ1) is 12.9. The predicted octanol–water partition coefficient (Wildman–Crippen LogP) is 4.04. The summed E-state index contributed by atoms with van der Waals surface area (Å²) in [7, 11) is -3.62. The van der Waals surface area contributed by atoms with E-state index in [0.717, 1.165) is 28.8 Å². The molecule has 8 heteroatoms. The minimum absolute atomic E-state index is 0.0610. The molecule has 5 nitrogen and oxygen atoms in total. The Labute approximate surface area is 167 Å². The molecule has 1 heterocycles. The number of hydrogen-bond donors (Lipinski definition) is 1. The molecule has 0 saturated heterocycles. The first kappa shape index (κ1) is 20.1. The van der Waals surface area contributed by atoms with E-state index in [-0.39, 0.29) is 9.77 Å². The first-order valence-corrected chi connectivity index (χ1v) is 11.5. The monoisotopic (exact) mass is 424 g/mol. The third kappa shape index (κ3) is 4.60. The third-order valence-electron chi connectivity index (χ3n) is 4.27. The van der Waals surface area contributed by atoms with Crippen LogP contribution in [0.2, 0.25) is 5.02 Å². The molecule has 144 valence electrons. The molecule has 0 aliphatic carbocycles. The molecule has 3 rings (SSSR count). The van der Waals surface area contributed by atoms with E-state index in [9.17, 15) is 13.2 Å². The number of thiazole rings is 1. The summed E-state index contributed by atoms with van der Waals surface area (Å²) >= 11 is 7.19. The van der Waals surface area contributed by atoms with Crippen molar-refractivity contribution in [3.8, 4) is 0 Å². The Kier molecular flexibility index (Phi) is 6.37. The second-order valence-corrected chi connectivity index (χ2v) is 9.41. The highest BCUT2D eigenvalue weighted by Gasteiger charge is 2.16. The van der Waals surface area contributed by atoms with E-state index in [1.165, 1.54) is 0 Å². The lowest BCUT2D eigenvalue weighted by Crippen LogP contribution is -2.25. The minimum Gasteiger partial charge on any atom is -0.299 e. The summed E-state index contributed by atoms with van der Waals surface area (Å²) in [6.45, 7) is 2.95. The Morgan fingerprint density at radius 3 is 2.70 bits per heavy atom. The zero-order valence-electron chi connectivity index (χ0n) is 14.9. The van der Waals surface area contributed by atoms with Gasteiger partial charge in [-0.1, -0.05) is 48.1 Å². The number of hydrogen-bond acceptors (Lipinski definition) is 4. The van der Waals surface area contributed by atoms with Crippen LogP contribution in [-0.2, 0) is 23.0 Å². The number of halogens is 1. The maximum Gasteiger partial charge on any atom is 0.308 e. The van der Waals surface area contributed by atoms with Gasteiger partial charge < -0.3 is 0 Å². The van der Waals surface area contributed by atoms with E-state index in [1.54, 1.807) is 22.8 Å². The third-order valence-corrected chi connectivity index (χ3v) is 7.04. The zero-order valence-corrected chi connectivity index (χ0v) is 17.3. The highest BCUT2D eigenvalue weighted by molar-refractivity contribution is 7.89. The molecule has 1 N–H and O–H groups in total. The molecule has 0 amide bonds. The molecule has 0 radical (unpaired) electrons. The van der Waals surface area contributed by atoms with Gasteiger partial charge in [0.1, 0.15) is 0 Å². The van der Waals surface area contributed by atoms with Crippen molar-refractivity contribution in [1.29, 1.82) is 0 Å². The minimum atomic E-state index is -3.62. The summed E-state index contributed by atoms with van der Waals surface area (Å²) in [5.74, 6) is 0. The highest BCUT2D eigenvalue weighted by Crippen LogP contribution is 2.22. The topological polar surface area (TPSA) is 68.2 Å². The van der Waals surface area contributed by atoms with Crippen molar-refractivity contribution >= 4 is 43.2 Å². The number of nitrogens with zero attached hydrogens (tertiary/aromatic N) is 1. The molecule has 2 aromatic carbocycles. The van der Waals surface area contributed by atoms with Crippen LogP contribution >= 0.6 is 22.9 Å². The van der Waals surface area contributed by atoms with E-state index < -0.39 is 10.0 Å². The lowest BCUT2D eigenvalue weighted by atomic mass is 10.1. The molecule has 0 spiro atoms. The fraction of sp³-hybridized carbons (Fsp3) is 0.316. The van der Waals surface area contributed by atoms with Crippen LogP contribution in [-0.4, -0.2) is 19.5 Å². The van der Waals surface area contributed by atoms with Crippen LogP contribution in [0.1, 0.15) is 25.3 Å². The molecule has 0 fully saturated rings. The second-order valence-electron chi connectivity index (χ2n) is 6.24. The van der Waals surface area contributed by atoms with Gasteiger partial charge in [-0.05, 0) is 49.1 Å². The van der Waals surface area contributed by atoms with Crippen LogP contribution in [0.4, 0.5) is 0 Å². The molecule has 1 aromatic heterocycles. The van der Waals surface area contributed by atoms with Gasteiger partial charge in [0.05, 0.1) is 15.1 Å². The van der Waals surface area contributed by atoms with Gasteiger partial charge in [-0.15, -0.1) is 0 Å². The summed E-state index contributed by atoms with van der Waals surface area (Å²) in [6, 6.07) is 12.4. The standard InChI is InChI=1S/C19H21ClN2O3S2/c1-2-12-22-17-10-9-15(13-18(17)26-19(22)23)27(24,25)21-11-5-7-14-6-3-4-8-16(14)20/h3-4,6,8-10,13,21H,2,5,7,11-12H2,1H3. The molecule has 0 unspecified atom stereocenters. The summed E-state index contributed by atoms with van der Waals surface area (Å²) in [5.41, 5.74) is 1.78. The Hall–Kier alpha value is -1.67. The van der Waals surface area contributed by atoms with Gasteiger partial charge in [0.2, 0.25) is 10.0 Å². The number of nitrogens with one attached hydrogen (secondary N) is 1. The van der Waals surface area contributed by atoms with E-state index in [0.29, 0.717) is 35.7 Å². The molecular formula is C19H21ClN2O3S2. The molecule has 3 aromatic rings. The van der Waals surface area contributed by atoms with Crippen LogP contribution in [0, 0.1) is 0 Å². The normalized spacial score (nSPS) is 11.9. The fourth-order valence-corrected chi connectivity index (χ4v) is 5.28. The SMILES string of the molecule is CCCn1c(=O)sc2cc(S(=O)(=O)NCCCc3ccccc3Cl)ccc21. The Bertz CT molecular complexity index is 1100. The van der Waals surface area contributed by atoms with Crippen LogP contribution in [0.5, 0.6) is 0 Å². The Morgan fingerprint density at radius 1 is 1.19 bits per heavy atom. The van der Waals surface area contributed by atoms with Crippen molar-refractivity contribution in [1.82, 2.24) is 9.29 Å². The number of aromatic nitrogens is 1. The zero-order chi connectivity index (χ0) is 19.4. The van der Waals surface area contributed by atoms with Gasteiger partial charge in [-0.3, -0.25) is 9.36 Å². The van der Waals surface area contributed by atoms with Crippen molar-refractivity contribution in [2.45, 2.75) is 37.6 Å². The van der Waals surface area contributed by atoms with Crippen LogP contribution in [0.25, 0.3) is 10.2 Å². The molecule has 0 aliphatic heterocycles. The Balaban J connectivity index is 1.69. The largest absolute Gasteiger partial charge is 0.308 e. The highest BCUT2D eigenvalue weighted by atomic mass is 35.5. The fourth-order valence-electron chi connectivity index (χ4n) is 2.92. The maximum atomic E-state index is 12.6. The van der Waals surface area contributed by atoms with Gasteiger partial charge in [0, 0.05) is 18.1 Å². The van der Waals surface area contributed by atoms with Crippen LogP contribution in [0.3, 0.4) is 0 Å². The molecule has 0 bridgehead atoms. The predicted molar refractivity (Wildman–Crippen MR) is 111 cm³/mol. The molecular weight excluding hydrogens is 404 g/mol. The maximum absolute atomic E-state index is 12.6. The van der Waals surface area contributed by atoms with Gasteiger partial charge in [0.15, 0.2) is 0 Å². The summed E-state index contributed by atoms with van der Waals surface area (Å²) < 4.78 is 30.1. The van der Waals surface area contributed by atoms with Gasteiger partial charge in [-0.25, -0.2) is 13.1 Å². The quantitative estimate of drug-likeness (QED) is 0.555. The van der Waals surface area contributed by atoms with E-state index >= 15 is 0 Å². The first-order valence-electron chi connectivity index (χ1n) is 8.79.